The maximum Gasteiger partial charge on any atom is 0.244 e. The Balaban J connectivity index is 1.79. The molecule has 1 fully saturated rings. The second kappa shape index (κ2) is 12.0. The van der Waals surface area contributed by atoms with Crippen molar-refractivity contribution in [2.75, 3.05) is 23.7 Å². The number of rotatable bonds is 10. The summed E-state index contributed by atoms with van der Waals surface area (Å²) in [4.78, 5) is 28.1. The number of hydrogen-bond acceptors (Lipinski definition) is 4. The molecule has 0 aliphatic heterocycles. The van der Waals surface area contributed by atoms with Crippen molar-refractivity contribution in [2.24, 2.45) is 0 Å². The van der Waals surface area contributed by atoms with Crippen LogP contribution in [0.15, 0.2) is 60.7 Å². The molecule has 0 radical (unpaired) electrons. The number of sulfonamides is 1. The monoisotopic (exact) mass is 485 g/mol. The topological polar surface area (TPSA) is 86.8 Å². The van der Waals surface area contributed by atoms with Gasteiger partial charge in [0.1, 0.15) is 12.6 Å². The fraction of sp³-hybridized carbons (Fsp3) is 0.462. The van der Waals surface area contributed by atoms with Crippen LogP contribution in [0.25, 0.3) is 0 Å². The molecule has 1 aliphatic carbocycles. The van der Waals surface area contributed by atoms with Gasteiger partial charge in [0.05, 0.1) is 11.9 Å². The van der Waals surface area contributed by atoms with E-state index in [0.29, 0.717) is 18.7 Å². The molecule has 0 bridgehead atoms. The van der Waals surface area contributed by atoms with Crippen LogP contribution >= 0.6 is 0 Å². The maximum atomic E-state index is 13.5. The van der Waals surface area contributed by atoms with E-state index in [4.69, 9.17) is 0 Å². The average molecular weight is 486 g/mol. The Bertz CT molecular complexity index is 1040. The first kappa shape index (κ1) is 25.7. The summed E-state index contributed by atoms with van der Waals surface area (Å²) in [5, 5.41) is 3.10. The van der Waals surface area contributed by atoms with Crippen molar-refractivity contribution in [3.05, 3.63) is 66.2 Å². The highest BCUT2D eigenvalue weighted by Crippen LogP contribution is 2.19. The van der Waals surface area contributed by atoms with Gasteiger partial charge in [-0.1, -0.05) is 67.8 Å². The van der Waals surface area contributed by atoms with Crippen LogP contribution in [-0.4, -0.2) is 56.6 Å². The lowest BCUT2D eigenvalue weighted by atomic mass is 9.95. The summed E-state index contributed by atoms with van der Waals surface area (Å²) in [6.45, 7) is 1.67. The lowest BCUT2D eigenvalue weighted by Crippen LogP contribution is -2.53. The number of benzene rings is 2. The van der Waals surface area contributed by atoms with E-state index in [-0.39, 0.29) is 18.5 Å². The van der Waals surface area contributed by atoms with Gasteiger partial charge >= 0.3 is 0 Å². The zero-order valence-electron chi connectivity index (χ0n) is 20.0. The average Bonchev–Trinajstić information content (AvgIpc) is 2.83. The molecular formula is C26H35N3O4S. The minimum Gasteiger partial charge on any atom is -0.352 e. The first-order valence-electron chi connectivity index (χ1n) is 11.9. The lowest BCUT2D eigenvalue weighted by Gasteiger charge is -2.33. The van der Waals surface area contributed by atoms with Crippen molar-refractivity contribution in [1.29, 1.82) is 0 Å². The van der Waals surface area contributed by atoms with E-state index >= 15 is 0 Å². The number of nitrogens with one attached hydrogen (secondary N) is 1. The van der Waals surface area contributed by atoms with E-state index in [1.165, 1.54) is 11.3 Å². The van der Waals surface area contributed by atoms with Crippen LogP contribution in [0.4, 0.5) is 5.69 Å². The van der Waals surface area contributed by atoms with Crippen LogP contribution in [0.5, 0.6) is 0 Å². The Hall–Kier alpha value is -2.87. The highest BCUT2D eigenvalue weighted by atomic mass is 32.2. The molecule has 0 aromatic heterocycles. The number of amides is 2. The summed E-state index contributed by atoms with van der Waals surface area (Å²) < 4.78 is 26.1. The number of hydrogen-bond donors (Lipinski definition) is 1. The Kier molecular flexibility index (Phi) is 9.10. The van der Waals surface area contributed by atoms with E-state index in [1.807, 2.05) is 30.3 Å². The normalized spacial score (nSPS) is 15.4. The van der Waals surface area contributed by atoms with Gasteiger partial charge in [-0.15, -0.1) is 0 Å². The SMILES string of the molecule is CC(C(=O)NC1CCCCC1)N(CCc1ccccc1)C(=O)CN(c1ccccc1)S(C)(=O)=O. The van der Waals surface area contributed by atoms with Gasteiger partial charge in [-0.2, -0.15) is 0 Å². The second-order valence-corrected chi connectivity index (χ2v) is 10.9. The Morgan fingerprint density at radius 2 is 1.56 bits per heavy atom. The quantitative estimate of drug-likeness (QED) is 0.559. The maximum absolute atomic E-state index is 13.5. The number of carbonyl (C=O) groups excluding carboxylic acids is 2. The van der Waals surface area contributed by atoms with Crippen LogP contribution in [0, 0.1) is 0 Å². The van der Waals surface area contributed by atoms with Gasteiger partial charge in [0.25, 0.3) is 0 Å². The second-order valence-electron chi connectivity index (χ2n) is 8.95. The third-order valence-corrected chi connectivity index (χ3v) is 7.47. The van der Waals surface area contributed by atoms with Crippen LogP contribution in [0.3, 0.4) is 0 Å². The molecule has 2 amide bonds. The van der Waals surface area contributed by atoms with Crippen molar-refractivity contribution < 1.29 is 18.0 Å². The molecule has 8 heteroatoms. The number of carbonyl (C=O) groups is 2. The molecule has 2 aromatic rings. The highest BCUT2D eigenvalue weighted by Gasteiger charge is 2.30. The molecule has 34 heavy (non-hydrogen) atoms. The van der Waals surface area contributed by atoms with Crippen molar-refractivity contribution in [3.63, 3.8) is 0 Å². The van der Waals surface area contributed by atoms with Crippen molar-refractivity contribution in [1.82, 2.24) is 10.2 Å². The highest BCUT2D eigenvalue weighted by molar-refractivity contribution is 7.92. The molecule has 0 saturated heterocycles. The van der Waals surface area contributed by atoms with E-state index in [1.54, 1.807) is 37.3 Å². The summed E-state index contributed by atoms with van der Waals surface area (Å²) >= 11 is 0. The van der Waals surface area contributed by atoms with Crippen LogP contribution in [0.1, 0.15) is 44.6 Å². The molecule has 1 atom stereocenters. The summed E-state index contributed by atoms with van der Waals surface area (Å²) in [6.07, 6.45) is 6.92. The standard InChI is InChI=1S/C26H35N3O4S/c1-21(26(31)27-23-14-8-4-9-15-23)28(19-18-22-12-6-3-7-13-22)25(30)20-29(34(2,32)33)24-16-10-5-11-17-24/h3,5-7,10-13,16-17,21,23H,4,8-9,14-15,18-20H2,1-2H3,(H,27,31). The molecular weight excluding hydrogens is 450 g/mol. The summed E-state index contributed by atoms with van der Waals surface area (Å²) in [5.74, 6) is -0.601. The van der Waals surface area contributed by atoms with Gasteiger partial charge in [0.15, 0.2) is 0 Å². The molecule has 184 valence electrons. The first-order valence-corrected chi connectivity index (χ1v) is 13.8. The third kappa shape index (κ3) is 7.32. The minimum absolute atomic E-state index is 0.131. The third-order valence-electron chi connectivity index (χ3n) is 6.33. The van der Waals surface area contributed by atoms with Gasteiger partial charge in [0, 0.05) is 12.6 Å². The van der Waals surface area contributed by atoms with Crippen LogP contribution in [0.2, 0.25) is 0 Å². The van der Waals surface area contributed by atoms with Crippen LogP contribution in [-0.2, 0) is 26.0 Å². The first-order chi connectivity index (χ1) is 16.3. The lowest BCUT2D eigenvalue weighted by molar-refractivity contribution is -0.139. The number of nitrogens with zero attached hydrogens (tertiary/aromatic N) is 2. The Morgan fingerprint density at radius 3 is 2.15 bits per heavy atom. The molecule has 0 heterocycles. The number of anilines is 1. The molecule has 1 aliphatic rings. The van der Waals surface area contributed by atoms with Gasteiger partial charge in [-0.05, 0) is 43.9 Å². The van der Waals surface area contributed by atoms with Gasteiger partial charge in [-0.3, -0.25) is 13.9 Å². The summed E-state index contributed by atoms with van der Waals surface area (Å²) in [5.41, 5.74) is 1.46. The van der Waals surface area contributed by atoms with Crippen molar-refractivity contribution in [3.8, 4) is 0 Å². The molecule has 1 unspecified atom stereocenters. The van der Waals surface area contributed by atoms with Crippen LogP contribution < -0.4 is 9.62 Å². The fourth-order valence-corrected chi connectivity index (χ4v) is 5.20. The molecule has 7 nitrogen and oxygen atoms in total. The largest absolute Gasteiger partial charge is 0.352 e. The van der Waals surface area contributed by atoms with E-state index in [0.717, 1.165) is 41.8 Å². The van der Waals surface area contributed by atoms with Gasteiger partial charge in [0.2, 0.25) is 21.8 Å². The molecule has 0 spiro atoms. The zero-order valence-corrected chi connectivity index (χ0v) is 20.8. The van der Waals surface area contributed by atoms with Crippen molar-refractivity contribution >= 4 is 27.5 Å². The van der Waals surface area contributed by atoms with Gasteiger partial charge in [-0.25, -0.2) is 8.42 Å². The smallest absolute Gasteiger partial charge is 0.244 e. The fourth-order valence-electron chi connectivity index (χ4n) is 4.35. The van der Waals surface area contributed by atoms with Crippen molar-refractivity contribution in [2.45, 2.75) is 57.5 Å². The molecule has 2 aromatic carbocycles. The number of para-hydroxylation sites is 1. The predicted molar refractivity (Wildman–Crippen MR) is 135 cm³/mol. The predicted octanol–water partition coefficient (Wildman–Crippen LogP) is 3.36. The molecule has 3 rings (SSSR count). The summed E-state index contributed by atoms with van der Waals surface area (Å²) in [6, 6.07) is 17.7. The Morgan fingerprint density at radius 1 is 0.971 bits per heavy atom. The zero-order chi connectivity index (χ0) is 24.6. The molecule has 1 saturated carbocycles. The van der Waals surface area contributed by atoms with E-state index in [2.05, 4.69) is 5.32 Å². The Labute approximate surface area is 203 Å². The van der Waals surface area contributed by atoms with E-state index in [9.17, 15) is 18.0 Å². The summed E-state index contributed by atoms with van der Waals surface area (Å²) in [7, 11) is -3.70. The minimum atomic E-state index is -3.70. The van der Waals surface area contributed by atoms with E-state index < -0.39 is 22.0 Å². The molecule has 1 N–H and O–H groups in total. The van der Waals surface area contributed by atoms with Gasteiger partial charge < -0.3 is 10.2 Å².